The second-order valence-corrected chi connectivity index (χ2v) is 4.09. The van der Waals surface area contributed by atoms with Crippen molar-refractivity contribution >= 4 is 5.82 Å². The van der Waals surface area contributed by atoms with Gasteiger partial charge in [-0.2, -0.15) is 0 Å². The van der Waals surface area contributed by atoms with Crippen LogP contribution in [0.5, 0.6) is 0 Å². The highest BCUT2D eigenvalue weighted by Gasteiger charge is 2.21. The molecule has 0 radical (unpaired) electrons. The minimum atomic E-state index is 0.597. The lowest BCUT2D eigenvalue weighted by molar-refractivity contribution is 0.152. The zero-order chi connectivity index (χ0) is 9.97. The molecule has 0 atom stereocenters. The van der Waals surface area contributed by atoms with E-state index >= 15 is 0 Å². The van der Waals surface area contributed by atoms with Crippen molar-refractivity contribution in [2.75, 3.05) is 12.8 Å². The number of pyridine rings is 1. The summed E-state index contributed by atoms with van der Waals surface area (Å²) in [6.07, 6.45) is 5.94. The van der Waals surface area contributed by atoms with Crippen LogP contribution in [0.4, 0.5) is 5.82 Å². The summed E-state index contributed by atoms with van der Waals surface area (Å²) in [5.41, 5.74) is 6.77. The Labute approximate surface area is 84.9 Å². The van der Waals surface area contributed by atoms with Gasteiger partial charge in [-0.3, -0.25) is 4.90 Å². The van der Waals surface area contributed by atoms with E-state index in [4.69, 9.17) is 5.73 Å². The van der Waals surface area contributed by atoms with Gasteiger partial charge >= 0.3 is 0 Å². The molecule has 0 bridgehead atoms. The van der Waals surface area contributed by atoms with Crippen molar-refractivity contribution < 1.29 is 0 Å². The Morgan fingerprint density at radius 3 is 2.79 bits per heavy atom. The molecule has 1 fully saturated rings. The molecule has 2 N–H and O–H groups in total. The topological polar surface area (TPSA) is 42.1 Å². The maximum Gasteiger partial charge on any atom is 0.123 e. The molecule has 0 saturated heterocycles. The maximum absolute atomic E-state index is 5.53. The van der Waals surface area contributed by atoms with E-state index in [1.165, 1.54) is 24.8 Å². The molecule has 0 aromatic carbocycles. The molecule has 0 amide bonds. The molecule has 2 rings (SSSR count). The first kappa shape index (κ1) is 9.46. The van der Waals surface area contributed by atoms with E-state index < -0.39 is 0 Å². The van der Waals surface area contributed by atoms with Crippen LogP contribution in [0.3, 0.4) is 0 Å². The fourth-order valence-corrected chi connectivity index (χ4v) is 1.77. The highest BCUT2D eigenvalue weighted by atomic mass is 15.1. The van der Waals surface area contributed by atoms with Gasteiger partial charge in [-0.25, -0.2) is 4.98 Å². The van der Waals surface area contributed by atoms with Crippen LogP contribution in [0.1, 0.15) is 24.8 Å². The standard InChI is InChI=1S/C11H17N3/c1-14(10-3-2-4-10)8-9-5-6-11(12)13-7-9/h5-7,10H,2-4,8H2,1H3,(H2,12,13). The van der Waals surface area contributed by atoms with Gasteiger partial charge in [0.2, 0.25) is 0 Å². The van der Waals surface area contributed by atoms with Gasteiger partial charge in [0.15, 0.2) is 0 Å². The molecule has 3 nitrogen and oxygen atoms in total. The van der Waals surface area contributed by atoms with Crippen LogP contribution in [0, 0.1) is 0 Å². The summed E-state index contributed by atoms with van der Waals surface area (Å²) in [5.74, 6) is 0.597. The molecule has 0 spiro atoms. The third-order valence-corrected chi connectivity index (χ3v) is 2.98. The zero-order valence-corrected chi connectivity index (χ0v) is 8.61. The SMILES string of the molecule is CN(Cc1ccc(N)nc1)C1CCC1. The molecule has 1 aromatic heterocycles. The van der Waals surface area contributed by atoms with Gasteiger partial charge in [0.1, 0.15) is 5.82 Å². The Hall–Kier alpha value is -1.09. The molecule has 14 heavy (non-hydrogen) atoms. The minimum Gasteiger partial charge on any atom is -0.384 e. The number of hydrogen-bond acceptors (Lipinski definition) is 3. The predicted octanol–water partition coefficient (Wildman–Crippen LogP) is 1.65. The molecular weight excluding hydrogens is 174 g/mol. The lowest BCUT2D eigenvalue weighted by Gasteiger charge is -2.34. The molecule has 1 aromatic rings. The first-order valence-corrected chi connectivity index (χ1v) is 5.16. The summed E-state index contributed by atoms with van der Waals surface area (Å²) in [4.78, 5) is 6.49. The van der Waals surface area contributed by atoms with Crippen LogP contribution in [-0.2, 0) is 6.54 Å². The van der Waals surface area contributed by atoms with Gasteiger partial charge in [0, 0.05) is 18.8 Å². The Bertz CT molecular complexity index is 290. The first-order valence-electron chi connectivity index (χ1n) is 5.16. The minimum absolute atomic E-state index is 0.597. The van der Waals surface area contributed by atoms with Crippen LogP contribution in [0.25, 0.3) is 0 Å². The van der Waals surface area contributed by atoms with Crippen molar-refractivity contribution in [2.45, 2.75) is 31.8 Å². The molecule has 1 aliphatic rings. The lowest BCUT2D eigenvalue weighted by Crippen LogP contribution is -2.36. The molecule has 1 saturated carbocycles. The molecule has 0 aliphatic heterocycles. The van der Waals surface area contributed by atoms with E-state index in [2.05, 4.69) is 23.0 Å². The van der Waals surface area contributed by atoms with Gasteiger partial charge < -0.3 is 5.73 Å². The van der Waals surface area contributed by atoms with Gasteiger partial charge in [-0.15, -0.1) is 0 Å². The Balaban J connectivity index is 1.92. The highest BCUT2D eigenvalue weighted by molar-refractivity contribution is 5.29. The van der Waals surface area contributed by atoms with Crippen LogP contribution in [0.15, 0.2) is 18.3 Å². The van der Waals surface area contributed by atoms with Crippen LogP contribution >= 0.6 is 0 Å². The molecule has 76 valence electrons. The number of nitrogens with zero attached hydrogens (tertiary/aromatic N) is 2. The summed E-state index contributed by atoms with van der Waals surface area (Å²) < 4.78 is 0. The summed E-state index contributed by atoms with van der Waals surface area (Å²) in [6.45, 7) is 0.984. The van der Waals surface area contributed by atoms with Crippen molar-refractivity contribution in [2.24, 2.45) is 0 Å². The van der Waals surface area contributed by atoms with E-state index in [0.717, 1.165) is 12.6 Å². The quantitative estimate of drug-likeness (QED) is 0.790. The van der Waals surface area contributed by atoms with Gasteiger partial charge in [-0.1, -0.05) is 12.5 Å². The van der Waals surface area contributed by atoms with Crippen LogP contribution < -0.4 is 5.73 Å². The number of rotatable bonds is 3. The Kier molecular flexibility index (Phi) is 2.68. The van der Waals surface area contributed by atoms with Crippen LogP contribution in [0.2, 0.25) is 0 Å². The fraction of sp³-hybridized carbons (Fsp3) is 0.545. The van der Waals surface area contributed by atoms with Crippen molar-refractivity contribution in [3.63, 3.8) is 0 Å². The first-order chi connectivity index (χ1) is 6.75. The third-order valence-electron chi connectivity index (χ3n) is 2.98. The summed E-state index contributed by atoms with van der Waals surface area (Å²) >= 11 is 0. The fourth-order valence-electron chi connectivity index (χ4n) is 1.77. The van der Waals surface area contributed by atoms with E-state index in [1.807, 2.05) is 12.3 Å². The maximum atomic E-state index is 5.53. The van der Waals surface area contributed by atoms with E-state index in [1.54, 1.807) is 0 Å². The van der Waals surface area contributed by atoms with Crippen molar-refractivity contribution in [3.05, 3.63) is 23.9 Å². The van der Waals surface area contributed by atoms with Gasteiger partial charge in [0.25, 0.3) is 0 Å². The average Bonchev–Trinajstić information content (AvgIpc) is 2.06. The summed E-state index contributed by atoms with van der Waals surface area (Å²) in [5, 5.41) is 0. The molecular formula is C11H17N3. The number of anilines is 1. The Morgan fingerprint density at radius 2 is 2.29 bits per heavy atom. The van der Waals surface area contributed by atoms with Crippen LogP contribution in [-0.4, -0.2) is 23.0 Å². The highest BCUT2D eigenvalue weighted by Crippen LogP contribution is 2.24. The molecule has 1 aliphatic carbocycles. The monoisotopic (exact) mass is 191 g/mol. The summed E-state index contributed by atoms with van der Waals surface area (Å²) in [6, 6.07) is 4.70. The zero-order valence-electron chi connectivity index (χ0n) is 8.61. The number of aromatic nitrogens is 1. The van der Waals surface area contributed by atoms with Crippen molar-refractivity contribution in [1.82, 2.24) is 9.88 Å². The van der Waals surface area contributed by atoms with E-state index in [-0.39, 0.29) is 0 Å². The second-order valence-electron chi connectivity index (χ2n) is 4.09. The smallest absolute Gasteiger partial charge is 0.123 e. The number of nitrogen functional groups attached to an aromatic ring is 1. The van der Waals surface area contributed by atoms with Crippen molar-refractivity contribution in [3.8, 4) is 0 Å². The molecule has 3 heteroatoms. The largest absolute Gasteiger partial charge is 0.384 e. The van der Waals surface area contributed by atoms with Gasteiger partial charge in [0.05, 0.1) is 0 Å². The number of hydrogen-bond donors (Lipinski definition) is 1. The van der Waals surface area contributed by atoms with E-state index in [9.17, 15) is 0 Å². The molecule has 1 heterocycles. The predicted molar refractivity (Wildman–Crippen MR) is 57.8 cm³/mol. The summed E-state index contributed by atoms with van der Waals surface area (Å²) in [7, 11) is 2.18. The average molecular weight is 191 g/mol. The lowest BCUT2D eigenvalue weighted by atomic mass is 9.92. The third kappa shape index (κ3) is 2.04. The second kappa shape index (κ2) is 3.96. The normalized spacial score (nSPS) is 17.0. The molecule has 0 unspecified atom stereocenters. The number of nitrogens with two attached hydrogens (primary N) is 1. The van der Waals surface area contributed by atoms with Crippen molar-refractivity contribution in [1.29, 1.82) is 0 Å². The van der Waals surface area contributed by atoms with Gasteiger partial charge in [-0.05, 0) is 31.5 Å². The Morgan fingerprint density at radius 1 is 1.50 bits per heavy atom. The van der Waals surface area contributed by atoms with E-state index in [0.29, 0.717) is 5.82 Å².